The molecule has 0 aliphatic carbocycles. The Morgan fingerprint density at radius 1 is 1.36 bits per heavy atom. The van der Waals surface area contributed by atoms with Gasteiger partial charge in [-0.1, -0.05) is 29.8 Å². The first-order valence-corrected chi connectivity index (χ1v) is 7.73. The fourth-order valence-corrected chi connectivity index (χ4v) is 3.13. The van der Waals surface area contributed by atoms with E-state index in [1.165, 1.54) is 0 Å². The molecule has 1 atom stereocenters. The molecular weight excluding hydrogens is 302 g/mol. The number of carbonyl (C=O) groups is 1. The van der Waals surface area contributed by atoms with Gasteiger partial charge in [-0.2, -0.15) is 5.10 Å². The lowest BCUT2D eigenvalue weighted by Gasteiger charge is -2.30. The lowest BCUT2D eigenvalue weighted by atomic mass is 10.1. The van der Waals surface area contributed by atoms with Crippen LogP contribution >= 0.6 is 11.6 Å². The Hall–Kier alpha value is -1.85. The number of benzene rings is 1. The van der Waals surface area contributed by atoms with Crippen molar-refractivity contribution < 1.29 is 9.90 Å². The van der Waals surface area contributed by atoms with Gasteiger partial charge in [0.25, 0.3) is 5.91 Å². The number of rotatable bonds is 2. The summed E-state index contributed by atoms with van der Waals surface area (Å²) in [4.78, 5) is 14.4. The first-order chi connectivity index (χ1) is 10.6. The molecule has 116 valence electrons. The van der Waals surface area contributed by atoms with Crippen molar-refractivity contribution in [2.75, 3.05) is 13.1 Å². The number of aliphatic hydroxyl groups is 1. The summed E-state index contributed by atoms with van der Waals surface area (Å²) in [5, 5.41) is 14.5. The van der Waals surface area contributed by atoms with Crippen molar-refractivity contribution in [1.82, 2.24) is 14.7 Å². The number of piperidine rings is 1. The number of halogens is 1. The Labute approximate surface area is 134 Å². The van der Waals surface area contributed by atoms with Gasteiger partial charge in [0.05, 0.1) is 23.0 Å². The maximum Gasteiger partial charge on any atom is 0.258 e. The first-order valence-electron chi connectivity index (χ1n) is 7.36. The largest absolute Gasteiger partial charge is 0.391 e. The van der Waals surface area contributed by atoms with Crippen molar-refractivity contribution in [3.05, 3.63) is 46.7 Å². The number of para-hydroxylation sites is 1. The van der Waals surface area contributed by atoms with Crippen LogP contribution in [0.4, 0.5) is 0 Å². The Morgan fingerprint density at radius 3 is 2.77 bits per heavy atom. The maximum absolute atomic E-state index is 12.7. The molecule has 1 aliphatic rings. The minimum absolute atomic E-state index is 0.163. The van der Waals surface area contributed by atoms with E-state index in [4.69, 9.17) is 11.6 Å². The van der Waals surface area contributed by atoms with Crippen molar-refractivity contribution in [2.24, 2.45) is 0 Å². The Balaban J connectivity index is 1.94. The highest BCUT2D eigenvalue weighted by Gasteiger charge is 2.28. The van der Waals surface area contributed by atoms with Crippen LogP contribution in [0.15, 0.2) is 30.3 Å². The predicted octanol–water partition coefficient (Wildman–Crippen LogP) is 2.43. The standard InChI is InChI=1S/C16H18ClN3O2/c1-11-14(16(22)19-9-5-8-13(21)10-19)15(17)20(18-11)12-6-3-2-4-7-12/h2-4,6-7,13,21H,5,8-10H2,1H3. The number of aliphatic hydroxyl groups excluding tert-OH is 1. The fourth-order valence-electron chi connectivity index (χ4n) is 2.78. The molecule has 3 rings (SSSR count). The third-order valence-corrected chi connectivity index (χ3v) is 4.25. The lowest BCUT2D eigenvalue weighted by Crippen LogP contribution is -2.42. The molecule has 1 aromatic carbocycles. The molecular formula is C16H18ClN3O2. The molecule has 1 saturated heterocycles. The van der Waals surface area contributed by atoms with Gasteiger partial charge in [-0.25, -0.2) is 4.68 Å². The smallest absolute Gasteiger partial charge is 0.258 e. The van der Waals surface area contributed by atoms with Gasteiger partial charge in [0.2, 0.25) is 0 Å². The summed E-state index contributed by atoms with van der Waals surface area (Å²) in [5.74, 6) is -0.163. The molecule has 0 spiro atoms. The zero-order valence-electron chi connectivity index (χ0n) is 12.4. The van der Waals surface area contributed by atoms with Crippen LogP contribution in [0.1, 0.15) is 28.9 Å². The van der Waals surface area contributed by atoms with Crippen LogP contribution in [0.2, 0.25) is 5.15 Å². The van der Waals surface area contributed by atoms with Gasteiger partial charge < -0.3 is 10.0 Å². The Kier molecular flexibility index (Phi) is 4.18. The topological polar surface area (TPSA) is 58.4 Å². The monoisotopic (exact) mass is 319 g/mol. The van der Waals surface area contributed by atoms with Crippen LogP contribution in [0.5, 0.6) is 0 Å². The molecule has 2 aromatic rings. The lowest BCUT2D eigenvalue weighted by molar-refractivity contribution is 0.0473. The molecule has 0 bridgehead atoms. The third kappa shape index (κ3) is 2.74. The summed E-state index contributed by atoms with van der Waals surface area (Å²) in [5.41, 5.74) is 1.83. The minimum atomic E-state index is -0.457. The summed E-state index contributed by atoms with van der Waals surface area (Å²) < 4.78 is 1.57. The zero-order valence-corrected chi connectivity index (χ0v) is 13.1. The second kappa shape index (κ2) is 6.10. The normalized spacial score (nSPS) is 18.5. The van der Waals surface area contributed by atoms with Crippen LogP contribution < -0.4 is 0 Å². The number of nitrogens with zero attached hydrogens (tertiary/aromatic N) is 3. The SMILES string of the molecule is Cc1nn(-c2ccccc2)c(Cl)c1C(=O)N1CCCC(O)C1. The molecule has 1 N–H and O–H groups in total. The van der Waals surface area contributed by atoms with Crippen LogP contribution in [0.3, 0.4) is 0 Å². The second-order valence-electron chi connectivity index (χ2n) is 5.55. The van der Waals surface area contributed by atoms with E-state index in [1.807, 2.05) is 30.3 Å². The second-order valence-corrected chi connectivity index (χ2v) is 5.90. The van der Waals surface area contributed by atoms with Gasteiger partial charge in [0, 0.05) is 13.1 Å². The fraction of sp³-hybridized carbons (Fsp3) is 0.375. The molecule has 1 fully saturated rings. The molecule has 1 aliphatic heterocycles. The number of hydrogen-bond acceptors (Lipinski definition) is 3. The molecule has 22 heavy (non-hydrogen) atoms. The van der Waals surface area contributed by atoms with Crippen LogP contribution in [0.25, 0.3) is 5.69 Å². The van der Waals surface area contributed by atoms with Gasteiger partial charge in [-0.05, 0) is 31.9 Å². The highest BCUT2D eigenvalue weighted by molar-refractivity contribution is 6.33. The number of amides is 1. The molecule has 1 aromatic heterocycles. The van der Waals surface area contributed by atoms with E-state index in [0.29, 0.717) is 29.5 Å². The van der Waals surface area contributed by atoms with Gasteiger partial charge >= 0.3 is 0 Å². The van der Waals surface area contributed by atoms with Crippen LogP contribution in [-0.2, 0) is 0 Å². The van der Waals surface area contributed by atoms with E-state index in [1.54, 1.807) is 16.5 Å². The van der Waals surface area contributed by atoms with E-state index < -0.39 is 6.10 Å². The van der Waals surface area contributed by atoms with Crippen LogP contribution in [0, 0.1) is 6.92 Å². The zero-order chi connectivity index (χ0) is 15.7. The summed E-state index contributed by atoms with van der Waals surface area (Å²) in [6.07, 6.45) is 1.08. The molecule has 5 nitrogen and oxygen atoms in total. The van der Waals surface area contributed by atoms with Crippen LogP contribution in [-0.4, -0.2) is 44.9 Å². The van der Waals surface area contributed by atoms with Crippen molar-refractivity contribution >= 4 is 17.5 Å². The predicted molar refractivity (Wildman–Crippen MR) is 84.5 cm³/mol. The summed E-state index contributed by atoms with van der Waals surface area (Å²) >= 11 is 6.41. The number of β-amino-alcohol motifs (C(OH)–C–C–N with tert-alkyl or cyclic N) is 1. The highest BCUT2D eigenvalue weighted by atomic mass is 35.5. The molecule has 0 radical (unpaired) electrons. The van der Waals surface area contributed by atoms with E-state index in [9.17, 15) is 9.90 Å². The molecule has 0 saturated carbocycles. The van der Waals surface area contributed by atoms with E-state index in [2.05, 4.69) is 5.10 Å². The van der Waals surface area contributed by atoms with E-state index in [0.717, 1.165) is 18.5 Å². The number of aromatic nitrogens is 2. The van der Waals surface area contributed by atoms with E-state index >= 15 is 0 Å². The van der Waals surface area contributed by atoms with Gasteiger partial charge in [-0.15, -0.1) is 0 Å². The number of carbonyl (C=O) groups excluding carboxylic acids is 1. The Morgan fingerprint density at radius 2 is 2.09 bits per heavy atom. The highest BCUT2D eigenvalue weighted by Crippen LogP contribution is 2.26. The number of hydrogen-bond donors (Lipinski definition) is 1. The molecule has 2 heterocycles. The average molecular weight is 320 g/mol. The van der Waals surface area contributed by atoms with Crippen molar-refractivity contribution in [3.8, 4) is 5.69 Å². The molecule has 1 amide bonds. The third-order valence-electron chi connectivity index (χ3n) is 3.90. The summed E-state index contributed by atoms with van der Waals surface area (Å²) in [6, 6.07) is 9.47. The van der Waals surface area contributed by atoms with Crippen molar-refractivity contribution in [2.45, 2.75) is 25.9 Å². The first kappa shape index (κ1) is 15.1. The molecule has 6 heteroatoms. The van der Waals surface area contributed by atoms with Gasteiger partial charge in [0.15, 0.2) is 0 Å². The molecule has 1 unspecified atom stereocenters. The van der Waals surface area contributed by atoms with Crippen molar-refractivity contribution in [3.63, 3.8) is 0 Å². The van der Waals surface area contributed by atoms with Crippen molar-refractivity contribution in [1.29, 1.82) is 0 Å². The minimum Gasteiger partial charge on any atom is -0.391 e. The average Bonchev–Trinajstić information content (AvgIpc) is 2.82. The maximum atomic E-state index is 12.7. The number of likely N-dealkylation sites (tertiary alicyclic amines) is 1. The summed E-state index contributed by atoms with van der Waals surface area (Å²) in [7, 11) is 0. The Bertz CT molecular complexity index is 684. The van der Waals surface area contributed by atoms with E-state index in [-0.39, 0.29) is 5.91 Å². The quantitative estimate of drug-likeness (QED) is 0.925. The summed E-state index contributed by atoms with van der Waals surface area (Å²) in [6.45, 7) is 2.77. The van der Waals surface area contributed by atoms with Gasteiger partial charge in [-0.3, -0.25) is 4.79 Å². The van der Waals surface area contributed by atoms with Gasteiger partial charge in [0.1, 0.15) is 5.15 Å². The number of aryl methyl sites for hydroxylation is 1.